The van der Waals surface area contributed by atoms with E-state index in [1.807, 2.05) is 0 Å². The molecule has 3 nitrogen and oxygen atoms in total. The standard InChI is InChI=1S/C12H23N3/c1-14(11-2-5-13-8-11)12-4-7-15-6-3-10(12)9-15/h10-13H,2-9H2,1H3. The van der Waals surface area contributed by atoms with E-state index in [0.29, 0.717) is 0 Å². The van der Waals surface area contributed by atoms with Crippen LogP contribution in [0.3, 0.4) is 0 Å². The van der Waals surface area contributed by atoms with Gasteiger partial charge in [0.2, 0.25) is 0 Å². The van der Waals surface area contributed by atoms with E-state index in [2.05, 4.69) is 22.2 Å². The Hall–Kier alpha value is -0.120. The van der Waals surface area contributed by atoms with Gasteiger partial charge in [-0.15, -0.1) is 0 Å². The molecule has 2 bridgehead atoms. The molecule has 3 aliphatic heterocycles. The van der Waals surface area contributed by atoms with E-state index in [4.69, 9.17) is 0 Å². The van der Waals surface area contributed by atoms with Gasteiger partial charge in [-0.25, -0.2) is 0 Å². The summed E-state index contributed by atoms with van der Waals surface area (Å²) in [6, 6.07) is 1.68. The van der Waals surface area contributed by atoms with Crippen LogP contribution in [-0.4, -0.2) is 61.7 Å². The highest BCUT2D eigenvalue weighted by molar-refractivity contribution is 4.94. The fourth-order valence-electron chi connectivity index (χ4n) is 3.72. The van der Waals surface area contributed by atoms with Crippen LogP contribution in [0.15, 0.2) is 0 Å². The van der Waals surface area contributed by atoms with Gasteiger partial charge in [0.05, 0.1) is 0 Å². The van der Waals surface area contributed by atoms with Gasteiger partial charge in [0, 0.05) is 25.2 Å². The molecule has 0 spiro atoms. The third kappa shape index (κ3) is 1.81. The number of nitrogens with zero attached hydrogens (tertiary/aromatic N) is 2. The van der Waals surface area contributed by atoms with Crippen molar-refractivity contribution in [2.24, 2.45) is 5.92 Å². The van der Waals surface area contributed by atoms with Crippen molar-refractivity contribution >= 4 is 0 Å². The average Bonchev–Trinajstić information content (AvgIpc) is 2.88. The predicted molar refractivity (Wildman–Crippen MR) is 62.0 cm³/mol. The molecule has 0 aromatic carbocycles. The molecule has 3 fully saturated rings. The molecule has 3 heterocycles. The smallest absolute Gasteiger partial charge is 0.0232 e. The van der Waals surface area contributed by atoms with E-state index < -0.39 is 0 Å². The summed E-state index contributed by atoms with van der Waals surface area (Å²) in [7, 11) is 2.36. The highest BCUT2D eigenvalue weighted by Gasteiger charge is 2.38. The van der Waals surface area contributed by atoms with E-state index in [1.54, 1.807) is 0 Å². The quantitative estimate of drug-likeness (QED) is 0.709. The number of hydrogen-bond acceptors (Lipinski definition) is 3. The van der Waals surface area contributed by atoms with E-state index in [-0.39, 0.29) is 0 Å². The first-order valence-electron chi connectivity index (χ1n) is 6.49. The summed E-state index contributed by atoms with van der Waals surface area (Å²) in [5.41, 5.74) is 0. The summed E-state index contributed by atoms with van der Waals surface area (Å²) in [5.74, 6) is 0.962. The van der Waals surface area contributed by atoms with E-state index in [9.17, 15) is 0 Å². The third-order valence-electron chi connectivity index (χ3n) is 4.73. The average molecular weight is 209 g/mol. The fraction of sp³-hybridized carbons (Fsp3) is 1.00. The second kappa shape index (κ2) is 4.04. The Balaban J connectivity index is 1.65. The lowest BCUT2D eigenvalue weighted by atomic mass is 9.92. The second-order valence-corrected chi connectivity index (χ2v) is 5.52. The minimum atomic E-state index is 0.808. The van der Waals surface area contributed by atoms with Gasteiger partial charge in [0.15, 0.2) is 0 Å². The topological polar surface area (TPSA) is 18.5 Å². The first-order chi connectivity index (χ1) is 7.34. The highest BCUT2D eigenvalue weighted by atomic mass is 15.2. The van der Waals surface area contributed by atoms with Gasteiger partial charge >= 0.3 is 0 Å². The SMILES string of the molecule is CN(C1CCNC1)C1CCN2CCC1C2. The summed E-state index contributed by atoms with van der Waals surface area (Å²) in [4.78, 5) is 5.33. The number of fused-ring (bicyclic) bond motifs is 2. The van der Waals surface area contributed by atoms with Gasteiger partial charge in [0.1, 0.15) is 0 Å². The molecular weight excluding hydrogens is 186 g/mol. The van der Waals surface area contributed by atoms with Crippen LogP contribution >= 0.6 is 0 Å². The van der Waals surface area contributed by atoms with Crippen LogP contribution in [0.1, 0.15) is 19.3 Å². The molecule has 0 aliphatic carbocycles. The maximum Gasteiger partial charge on any atom is 0.0232 e. The summed E-state index contributed by atoms with van der Waals surface area (Å²) >= 11 is 0. The molecule has 0 aromatic rings. The van der Waals surface area contributed by atoms with Gasteiger partial charge < -0.3 is 10.2 Å². The number of hydrogen-bond donors (Lipinski definition) is 1. The summed E-state index contributed by atoms with van der Waals surface area (Å²) < 4.78 is 0. The van der Waals surface area contributed by atoms with Gasteiger partial charge in [-0.05, 0) is 51.9 Å². The van der Waals surface area contributed by atoms with Crippen LogP contribution in [0.4, 0.5) is 0 Å². The largest absolute Gasteiger partial charge is 0.315 e. The Kier molecular flexibility index (Phi) is 2.71. The minimum Gasteiger partial charge on any atom is -0.315 e. The minimum absolute atomic E-state index is 0.808. The Morgan fingerprint density at radius 2 is 2.07 bits per heavy atom. The van der Waals surface area contributed by atoms with E-state index >= 15 is 0 Å². The molecule has 3 heteroatoms. The molecule has 3 saturated heterocycles. The Morgan fingerprint density at radius 3 is 2.87 bits per heavy atom. The molecule has 4 unspecified atom stereocenters. The molecule has 0 saturated carbocycles. The van der Waals surface area contributed by atoms with Gasteiger partial charge in [-0.1, -0.05) is 0 Å². The lowest BCUT2D eigenvalue weighted by Gasteiger charge is -2.39. The maximum atomic E-state index is 3.48. The van der Waals surface area contributed by atoms with Crippen molar-refractivity contribution in [1.82, 2.24) is 15.1 Å². The molecule has 15 heavy (non-hydrogen) atoms. The summed E-state index contributed by atoms with van der Waals surface area (Å²) in [6.07, 6.45) is 4.19. The molecule has 1 N–H and O–H groups in total. The van der Waals surface area contributed by atoms with Gasteiger partial charge in [-0.2, -0.15) is 0 Å². The number of likely N-dealkylation sites (N-methyl/N-ethyl adjacent to an activating group) is 1. The van der Waals surface area contributed by atoms with Crippen molar-refractivity contribution in [2.45, 2.75) is 31.3 Å². The zero-order valence-corrected chi connectivity index (χ0v) is 9.78. The van der Waals surface area contributed by atoms with E-state index in [0.717, 1.165) is 18.0 Å². The number of nitrogens with one attached hydrogen (secondary N) is 1. The van der Waals surface area contributed by atoms with Crippen molar-refractivity contribution in [1.29, 1.82) is 0 Å². The van der Waals surface area contributed by atoms with Crippen LogP contribution < -0.4 is 5.32 Å². The molecule has 3 rings (SSSR count). The lowest BCUT2D eigenvalue weighted by Crippen LogP contribution is -2.49. The van der Waals surface area contributed by atoms with Crippen molar-refractivity contribution in [3.8, 4) is 0 Å². The second-order valence-electron chi connectivity index (χ2n) is 5.52. The van der Waals surface area contributed by atoms with Gasteiger partial charge in [-0.3, -0.25) is 4.90 Å². The van der Waals surface area contributed by atoms with Crippen molar-refractivity contribution < 1.29 is 0 Å². The molecule has 3 aliphatic rings. The van der Waals surface area contributed by atoms with Crippen molar-refractivity contribution in [2.75, 3.05) is 39.8 Å². The molecule has 0 radical (unpaired) electrons. The molecular formula is C12H23N3. The third-order valence-corrected chi connectivity index (χ3v) is 4.73. The van der Waals surface area contributed by atoms with Crippen LogP contribution in [0.2, 0.25) is 0 Å². The van der Waals surface area contributed by atoms with Crippen LogP contribution in [0, 0.1) is 5.92 Å². The summed E-state index contributed by atoms with van der Waals surface area (Å²) in [5, 5.41) is 3.48. The fourth-order valence-corrected chi connectivity index (χ4v) is 3.72. The van der Waals surface area contributed by atoms with Gasteiger partial charge in [0.25, 0.3) is 0 Å². The monoisotopic (exact) mass is 209 g/mol. The Bertz CT molecular complexity index is 225. The first-order valence-corrected chi connectivity index (χ1v) is 6.49. The molecule has 4 atom stereocenters. The molecule has 0 aromatic heterocycles. The molecule has 86 valence electrons. The lowest BCUT2D eigenvalue weighted by molar-refractivity contribution is 0.0930. The predicted octanol–water partition coefficient (Wildman–Crippen LogP) is 0.374. The molecule has 0 amide bonds. The zero-order chi connectivity index (χ0) is 10.3. The van der Waals surface area contributed by atoms with Crippen LogP contribution in [-0.2, 0) is 0 Å². The number of rotatable bonds is 2. The van der Waals surface area contributed by atoms with Crippen molar-refractivity contribution in [3.05, 3.63) is 0 Å². The highest BCUT2D eigenvalue weighted by Crippen LogP contribution is 2.31. The Labute approximate surface area is 92.8 Å². The Morgan fingerprint density at radius 1 is 1.20 bits per heavy atom. The van der Waals surface area contributed by atoms with E-state index in [1.165, 1.54) is 52.0 Å². The number of piperidine rings is 1. The zero-order valence-electron chi connectivity index (χ0n) is 9.78. The first kappa shape index (κ1) is 10.1. The normalized spacial score (nSPS) is 45.2. The van der Waals surface area contributed by atoms with Crippen LogP contribution in [0.25, 0.3) is 0 Å². The van der Waals surface area contributed by atoms with Crippen LogP contribution in [0.5, 0.6) is 0 Å². The maximum absolute atomic E-state index is 3.48. The summed E-state index contributed by atoms with van der Waals surface area (Å²) in [6.45, 7) is 6.50. The van der Waals surface area contributed by atoms with Crippen molar-refractivity contribution in [3.63, 3.8) is 0 Å².